The van der Waals surface area contributed by atoms with Crippen LogP contribution in [0.1, 0.15) is 5.56 Å². The molecule has 2 aromatic rings. The zero-order valence-corrected chi connectivity index (χ0v) is 9.23. The van der Waals surface area contributed by atoms with Crippen molar-refractivity contribution >= 4 is 0 Å². The molecule has 0 amide bonds. The number of rotatable bonds is 1. The first-order valence-electron chi connectivity index (χ1n) is 5.12. The molecular weight excluding hydrogens is 270 g/mol. The van der Waals surface area contributed by atoms with E-state index in [1.165, 1.54) is 0 Å². The minimum Gasteiger partial charge on any atom is -0.206 e. The fraction of sp³-hybridized carbons (Fsp3) is 0.0769. The van der Waals surface area contributed by atoms with Crippen molar-refractivity contribution in [3.05, 3.63) is 59.4 Å². The Hall–Kier alpha value is -1.98. The van der Waals surface area contributed by atoms with Crippen molar-refractivity contribution in [2.75, 3.05) is 0 Å². The third kappa shape index (κ3) is 2.57. The van der Waals surface area contributed by atoms with E-state index >= 15 is 0 Å². The predicted octanol–water partition coefficient (Wildman–Crippen LogP) is 4.79. The van der Waals surface area contributed by atoms with Crippen LogP contribution >= 0.6 is 0 Å². The van der Waals surface area contributed by atoms with E-state index in [1.807, 2.05) is 0 Å². The van der Waals surface area contributed by atoms with E-state index < -0.39 is 40.3 Å². The van der Waals surface area contributed by atoms with Crippen molar-refractivity contribution in [2.24, 2.45) is 0 Å². The molecule has 2 aromatic carbocycles. The van der Waals surface area contributed by atoms with Gasteiger partial charge in [-0.1, -0.05) is 12.1 Å². The van der Waals surface area contributed by atoms with Crippen LogP contribution in [0.15, 0.2) is 36.4 Å². The van der Waals surface area contributed by atoms with E-state index in [-0.39, 0.29) is 6.07 Å². The van der Waals surface area contributed by atoms with Crippen LogP contribution in [0, 0.1) is 17.5 Å². The molecular formula is C13H6F6. The summed E-state index contributed by atoms with van der Waals surface area (Å²) < 4.78 is 77.5. The van der Waals surface area contributed by atoms with E-state index in [2.05, 4.69) is 0 Å². The summed E-state index contributed by atoms with van der Waals surface area (Å²) in [6.45, 7) is 0. The van der Waals surface area contributed by atoms with E-state index in [4.69, 9.17) is 0 Å². The second-order valence-corrected chi connectivity index (χ2v) is 3.79. The number of halogens is 6. The third-order valence-corrected chi connectivity index (χ3v) is 2.53. The average Bonchev–Trinajstić information content (AvgIpc) is 2.29. The Bertz CT molecular complexity index is 595. The van der Waals surface area contributed by atoms with Crippen molar-refractivity contribution in [3.8, 4) is 11.1 Å². The standard InChI is InChI=1S/C13H6F6/c14-9-2-1-3-10(15)12(9)8-5-4-7(6-11(8)16)13(17,18)19/h1-6H. The molecule has 0 aliphatic carbocycles. The highest BCUT2D eigenvalue weighted by Gasteiger charge is 2.31. The second kappa shape index (κ2) is 4.60. The van der Waals surface area contributed by atoms with Crippen molar-refractivity contribution in [2.45, 2.75) is 6.18 Å². The lowest BCUT2D eigenvalue weighted by Crippen LogP contribution is -2.06. The van der Waals surface area contributed by atoms with Crippen LogP contribution in [0.4, 0.5) is 26.3 Å². The molecule has 0 bridgehead atoms. The van der Waals surface area contributed by atoms with Gasteiger partial charge in [-0.2, -0.15) is 13.2 Å². The summed E-state index contributed by atoms with van der Waals surface area (Å²) in [5, 5.41) is 0. The van der Waals surface area contributed by atoms with Gasteiger partial charge in [0.1, 0.15) is 17.5 Å². The molecule has 0 atom stereocenters. The highest BCUT2D eigenvalue weighted by atomic mass is 19.4. The molecule has 0 nitrogen and oxygen atoms in total. The minimum atomic E-state index is -4.72. The van der Waals surface area contributed by atoms with Crippen LogP contribution in [0.3, 0.4) is 0 Å². The van der Waals surface area contributed by atoms with Gasteiger partial charge in [0.05, 0.1) is 11.1 Å². The van der Waals surface area contributed by atoms with Gasteiger partial charge in [-0.3, -0.25) is 0 Å². The summed E-state index contributed by atoms with van der Waals surface area (Å²) in [5.74, 6) is -3.42. The van der Waals surface area contributed by atoms with Gasteiger partial charge in [0.25, 0.3) is 0 Å². The maximum atomic E-state index is 13.6. The van der Waals surface area contributed by atoms with E-state index in [0.717, 1.165) is 18.2 Å². The molecule has 19 heavy (non-hydrogen) atoms. The molecule has 0 N–H and O–H groups in total. The Balaban J connectivity index is 2.59. The number of hydrogen-bond donors (Lipinski definition) is 0. The zero-order valence-electron chi connectivity index (χ0n) is 9.23. The van der Waals surface area contributed by atoms with Crippen molar-refractivity contribution < 1.29 is 26.3 Å². The fourth-order valence-electron chi connectivity index (χ4n) is 1.65. The lowest BCUT2D eigenvalue weighted by Gasteiger charge is -2.10. The van der Waals surface area contributed by atoms with Gasteiger partial charge < -0.3 is 0 Å². The van der Waals surface area contributed by atoms with E-state index in [1.54, 1.807) is 0 Å². The van der Waals surface area contributed by atoms with Gasteiger partial charge in [0, 0.05) is 5.56 Å². The van der Waals surface area contributed by atoms with Crippen LogP contribution in [0.25, 0.3) is 11.1 Å². The van der Waals surface area contributed by atoms with Crippen LogP contribution < -0.4 is 0 Å². The molecule has 2 rings (SSSR count). The Morgan fingerprint density at radius 1 is 0.737 bits per heavy atom. The predicted molar refractivity (Wildman–Crippen MR) is 56.8 cm³/mol. The molecule has 0 heterocycles. The van der Waals surface area contributed by atoms with Crippen LogP contribution in [0.2, 0.25) is 0 Å². The molecule has 0 unspecified atom stereocenters. The molecule has 6 heteroatoms. The monoisotopic (exact) mass is 276 g/mol. The van der Waals surface area contributed by atoms with Crippen LogP contribution in [0.5, 0.6) is 0 Å². The van der Waals surface area contributed by atoms with Gasteiger partial charge in [0.15, 0.2) is 0 Å². The van der Waals surface area contributed by atoms with Crippen molar-refractivity contribution in [3.63, 3.8) is 0 Å². The summed E-state index contributed by atoms with van der Waals surface area (Å²) in [6, 6.07) is 4.37. The van der Waals surface area contributed by atoms with Gasteiger partial charge in [-0.15, -0.1) is 0 Å². The Labute approximate surface area is 104 Å². The highest BCUT2D eigenvalue weighted by Crippen LogP contribution is 2.34. The first-order chi connectivity index (χ1) is 8.80. The smallest absolute Gasteiger partial charge is 0.206 e. The molecule has 0 saturated heterocycles. The molecule has 0 radical (unpaired) electrons. The molecule has 0 aliphatic heterocycles. The number of benzene rings is 2. The van der Waals surface area contributed by atoms with Crippen LogP contribution in [-0.4, -0.2) is 0 Å². The van der Waals surface area contributed by atoms with Crippen LogP contribution in [-0.2, 0) is 6.18 Å². The lowest BCUT2D eigenvalue weighted by molar-refractivity contribution is -0.137. The molecule has 0 fully saturated rings. The molecule has 0 aromatic heterocycles. The molecule has 0 saturated carbocycles. The quantitative estimate of drug-likeness (QED) is 0.657. The maximum absolute atomic E-state index is 13.6. The summed E-state index contributed by atoms with van der Waals surface area (Å²) in [6.07, 6.45) is -4.72. The molecule has 0 aliphatic rings. The first-order valence-corrected chi connectivity index (χ1v) is 5.12. The Morgan fingerprint density at radius 2 is 1.32 bits per heavy atom. The highest BCUT2D eigenvalue weighted by molar-refractivity contribution is 5.66. The molecule has 0 spiro atoms. The zero-order chi connectivity index (χ0) is 14.2. The second-order valence-electron chi connectivity index (χ2n) is 3.79. The lowest BCUT2D eigenvalue weighted by atomic mass is 10.0. The number of hydrogen-bond acceptors (Lipinski definition) is 0. The summed E-state index contributed by atoms with van der Waals surface area (Å²) >= 11 is 0. The fourth-order valence-corrected chi connectivity index (χ4v) is 1.65. The summed E-state index contributed by atoms with van der Waals surface area (Å²) in [5.41, 5.74) is -2.46. The van der Waals surface area contributed by atoms with Gasteiger partial charge >= 0.3 is 6.18 Å². The maximum Gasteiger partial charge on any atom is 0.416 e. The van der Waals surface area contributed by atoms with Gasteiger partial charge in [-0.25, -0.2) is 13.2 Å². The van der Waals surface area contributed by atoms with E-state index in [0.29, 0.717) is 12.1 Å². The minimum absolute atomic E-state index is 0.210. The van der Waals surface area contributed by atoms with Crippen molar-refractivity contribution in [1.82, 2.24) is 0 Å². The third-order valence-electron chi connectivity index (χ3n) is 2.53. The van der Waals surface area contributed by atoms with E-state index in [9.17, 15) is 26.3 Å². The molecule has 100 valence electrons. The number of alkyl halides is 3. The largest absolute Gasteiger partial charge is 0.416 e. The van der Waals surface area contributed by atoms with Gasteiger partial charge in [0.2, 0.25) is 0 Å². The SMILES string of the molecule is Fc1cc(C(F)(F)F)ccc1-c1c(F)cccc1F. The Morgan fingerprint density at radius 3 is 1.79 bits per heavy atom. The average molecular weight is 276 g/mol. The summed E-state index contributed by atoms with van der Waals surface area (Å²) in [4.78, 5) is 0. The van der Waals surface area contributed by atoms with Gasteiger partial charge in [-0.05, 0) is 24.3 Å². The van der Waals surface area contributed by atoms with Crippen molar-refractivity contribution in [1.29, 1.82) is 0 Å². The Kier molecular flexibility index (Phi) is 3.26. The summed E-state index contributed by atoms with van der Waals surface area (Å²) in [7, 11) is 0. The first kappa shape index (κ1) is 13.5. The normalized spacial score (nSPS) is 11.7. The topological polar surface area (TPSA) is 0 Å².